The number of amides is 1. The van der Waals surface area contributed by atoms with Gasteiger partial charge in [0.15, 0.2) is 11.5 Å². The first-order valence-corrected chi connectivity index (χ1v) is 24.2. The molecule has 0 saturated carbocycles. The number of hydrogen-bond acceptors (Lipinski definition) is 8. The minimum Gasteiger partial charge on any atom is -0.488 e. The average Bonchev–Trinajstić information content (AvgIpc) is 3.53. The van der Waals surface area contributed by atoms with Crippen LogP contribution in [0, 0.1) is 58.5 Å². The number of carbonyl (C=O) groups is 1. The second-order valence-corrected chi connectivity index (χ2v) is 23.1. The van der Waals surface area contributed by atoms with Gasteiger partial charge in [-0.25, -0.2) is 13.2 Å². The van der Waals surface area contributed by atoms with Gasteiger partial charge in [0.25, 0.3) is 5.91 Å². The summed E-state index contributed by atoms with van der Waals surface area (Å²) in [6.45, 7) is 48.2. The number of hydroxylamine groups is 2. The van der Waals surface area contributed by atoms with Crippen molar-refractivity contribution in [2.45, 2.75) is 200 Å². The third-order valence-corrected chi connectivity index (χ3v) is 7.42. The molecule has 0 spiro atoms. The molecule has 1 amide bonds. The van der Waals surface area contributed by atoms with Crippen LogP contribution in [-0.4, -0.2) is 43.9 Å². The highest BCUT2D eigenvalue weighted by Crippen LogP contribution is 2.33. The van der Waals surface area contributed by atoms with E-state index in [1.807, 2.05) is 146 Å². The number of allylic oxidation sites excluding steroid dienone is 1. The van der Waals surface area contributed by atoms with Gasteiger partial charge in [0, 0.05) is 18.2 Å². The number of rotatable bonds is 6. The fourth-order valence-electron chi connectivity index (χ4n) is 4.99. The van der Waals surface area contributed by atoms with Crippen LogP contribution in [0.25, 0.3) is 0 Å². The largest absolute Gasteiger partial charge is 0.488 e. The van der Waals surface area contributed by atoms with Crippen LogP contribution >= 0.6 is 0 Å². The summed E-state index contributed by atoms with van der Waals surface area (Å²) in [5.41, 5.74) is 1.36. The Labute approximate surface area is 434 Å². The van der Waals surface area contributed by atoms with E-state index in [9.17, 15) is 36.9 Å². The van der Waals surface area contributed by atoms with Crippen LogP contribution in [0.3, 0.4) is 0 Å². The highest BCUT2D eigenvalue weighted by Gasteiger charge is 2.31. The smallest absolute Gasteiger partial charge is 0.311 e. The van der Waals surface area contributed by atoms with E-state index in [0.29, 0.717) is 17.6 Å². The van der Waals surface area contributed by atoms with Crippen molar-refractivity contribution in [3.8, 4) is 23.0 Å². The SMILES string of the molecule is C=C1CCC(=O)N1OC(C)(C)C.CC.CC(C)(C)C.CC(C)(C)Oc1c(F)c(F)c(F)c(F)c1F.CC(C)(C)Oc1ccccc1.Cc1ccc(OC(C)(C)C)c([N+](=O)[O-])c1.Cc1ccc(OC(C)(C)C)cc1. The Morgan fingerprint density at radius 2 is 0.890 bits per heavy atom. The Balaban J connectivity index is 0. The maximum atomic E-state index is 13.1. The van der Waals surface area contributed by atoms with Gasteiger partial charge in [0.2, 0.25) is 29.1 Å². The molecule has 15 heteroatoms. The molecule has 1 heterocycles. The van der Waals surface area contributed by atoms with Crippen molar-refractivity contribution < 1.29 is 55.5 Å². The van der Waals surface area contributed by atoms with Crippen LogP contribution in [-0.2, 0) is 9.63 Å². The molecule has 4 aromatic carbocycles. The topological polar surface area (TPSA) is 110 Å². The summed E-state index contributed by atoms with van der Waals surface area (Å²) in [4.78, 5) is 27.0. The van der Waals surface area contributed by atoms with E-state index >= 15 is 0 Å². The van der Waals surface area contributed by atoms with Gasteiger partial charge in [-0.1, -0.05) is 90.1 Å². The van der Waals surface area contributed by atoms with Gasteiger partial charge in [-0.2, -0.15) is 13.8 Å². The molecular formula is C58H87F5N2O8. The van der Waals surface area contributed by atoms with E-state index in [-0.39, 0.29) is 28.4 Å². The van der Waals surface area contributed by atoms with Crippen LogP contribution in [0.5, 0.6) is 23.0 Å². The summed E-state index contributed by atoms with van der Waals surface area (Å²) < 4.78 is 85.7. The molecule has 10 nitrogen and oxygen atoms in total. The molecule has 1 aliphatic heterocycles. The fourth-order valence-corrected chi connectivity index (χ4v) is 4.99. The minimum atomic E-state index is -2.20. The molecule has 0 radical (unpaired) electrons. The summed E-state index contributed by atoms with van der Waals surface area (Å²) in [6.07, 6.45) is 1.24. The first kappa shape index (κ1) is 69.4. The van der Waals surface area contributed by atoms with Gasteiger partial charge in [0.1, 0.15) is 33.9 Å². The lowest BCUT2D eigenvalue weighted by Crippen LogP contribution is -2.33. The van der Waals surface area contributed by atoms with E-state index in [1.54, 1.807) is 12.1 Å². The number of ether oxygens (including phenoxy) is 4. The van der Waals surface area contributed by atoms with Crippen molar-refractivity contribution in [1.82, 2.24) is 5.06 Å². The summed E-state index contributed by atoms with van der Waals surface area (Å²) in [7, 11) is 0. The van der Waals surface area contributed by atoms with Crippen molar-refractivity contribution in [2.75, 3.05) is 0 Å². The van der Waals surface area contributed by atoms with Crippen molar-refractivity contribution in [3.05, 3.63) is 135 Å². The third-order valence-electron chi connectivity index (χ3n) is 7.42. The molecule has 0 unspecified atom stereocenters. The van der Waals surface area contributed by atoms with Crippen LogP contribution in [0.2, 0.25) is 0 Å². The van der Waals surface area contributed by atoms with E-state index in [2.05, 4.69) is 58.1 Å². The van der Waals surface area contributed by atoms with Crippen molar-refractivity contribution in [2.24, 2.45) is 5.41 Å². The van der Waals surface area contributed by atoms with Gasteiger partial charge in [-0.3, -0.25) is 19.7 Å². The lowest BCUT2D eigenvalue weighted by molar-refractivity contribution is -0.386. The molecule has 1 saturated heterocycles. The Kier molecular flexibility index (Phi) is 28.4. The normalized spacial score (nSPS) is 12.5. The van der Waals surface area contributed by atoms with Gasteiger partial charge in [0.05, 0.1) is 10.5 Å². The minimum absolute atomic E-state index is 0.00919. The van der Waals surface area contributed by atoms with Crippen LogP contribution in [0.4, 0.5) is 27.6 Å². The Morgan fingerprint density at radius 3 is 1.23 bits per heavy atom. The quantitative estimate of drug-likeness (QED) is 0.0618. The van der Waals surface area contributed by atoms with Crippen LogP contribution < -0.4 is 18.9 Å². The second-order valence-electron chi connectivity index (χ2n) is 23.1. The second kappa shape index (κ2) is 29.9. The maximum absolute atomic E-state index is 13.1. The molecule has 1 aliphatic rings. The first-order valence-electron chi connectivity index (χ1n) is 24.2. The summed E-state index contributed by atoms with van der Waals surface area (Å²) in [5, 5.41) is 12.1. The van der Waals surface area contributed by atoms with Crippen molar-refractivity contribution in [3.63, 3.8) is 0 Å². The molecule has 0 aliphatic carbocycles. The number of nitro groups is 1. The first-order chi connectivity index (χ1) is 32.9. The zero-order chi connectivity index (χ0) is 57.7. The van der Waals surface area contributed by atoms with Crippen LogP contribution in [0.1, 0.15) is 169 Å². The zero-order valence-corrected chi connectivity index (χ0v) is 48.1. The number of para-hydroxylation sites is 1. The summed E-state index contributed by atoms with van der Waals surface area (Å²) >= 11 is 0. The standard InChI is InChI=1S/C11H15NO3.C11H16O.C10H9F5O.C10H14O.C9H15NO2.C5H12.C2H6/c1-8-5-6-10(15-11(2,3)4)9(7-8)12(13)14;1-9-5-7-10(8-6-9)12-11(2,3)4;1-10(2,3)16-9-7(14)5(12)4(11)6(13)8(9)15;1-10(2,3)11-9-7-5-4-6-8-9;1-7-5-6-8(11)10(7)12-9(2,3)4;1-5(2,3)4;1-2/h5-7H,1-4H3;5-8H,1-4H3;1-3H3;4-8H,1-3H3;1,5-6H2,2-4H3;1-4H3;1-2H3. The summed E-state index contributed by atoms with van der Waals surface area (Å²) in [6, 6.07) is 22.9. The highest BCUT2D eigenvalue weighted by atomic mass is 19.2. The number of nitrogens with zero attached hydrogens (tertiary/aromatic N) is 2. The average molecular weight is 1040 g/mol. The zero-order valence-electron chi connectivity index (χ0n) is 48.1. The lowest BCUT2D eigenvalue weighted by Gasteiger charge is -2.26. The van der Waals surface area contributed by atoms with Crippen molar-refractivity contribution >= 4 is 11.6 Å². The van der Waals surface area contributed by atoms with E-state index in [4.69, 9.17) is 19.0 Å². The monoisotopic (exact) mass is 1030 g/mol. The highest BCUT2D eigenvalue weighted by molar-refractivity contribution is 5.79. The van der Waals surface area contributed by atoms with E-state index < -0.39 is 51.0 Å². The molecule has 412 valence electrons. The number of carbonyl (C=O) groups excluding carboxylic acids is 1. The molecule has 0 N–H and O–H groups in total. The number of nitro benzene ring substituents is 1. The Bertz CT molecular complexity index is 2250. The number of halogens is 5. The maximum Gasteiger partial charge on any atom is 0.311 e. The molecular weight excluding hydrogens is 948 g/mol. The molecule has 0 atom stereocenters. The lowest BCUT2D eigenvalue weighted by atomic mass is 10.0. The number of aryl methyl sites for hydroxylation is 2. The van der Waals surface area contributed by atoms with Crippen LogP contribution in [0.15, 0.2) is 85.1 Å². The van der Waals surface area contributed by atoms with Gasteiger partial charge >= 0.3 is 5.69 Å². The Hall–Kier alpha value is -5.70. The predicted molar refractivity (Wildman–Crippen MR) is 286 cm³/mol. The number of hydrogen-bond donors (Lipinski definition) is 0. The van der Waals surface area contributed by atoms with Gasteiger partial charge in [-0.05, 0) is 165 Å². The third kappa shape index (κ3) is 32.9. The Morgan fingerprint density at radius 1 is 0.521 bits per heavy atom. The molecule has 0 bridgehead atoms. The van der Waals surface area contributed by atoms with Gasteiger partial charge in [-0.15, -0.1) is 0 Å². The van der Waals surface area contributed by atoms with Crippen molar-refractivity contribution in [1.29, 1.82) is 0 Å². The van der Waals surface area contributed by atoms with Gasteiger partial charge < -0.3 is 18.9 Å². The molecule has 5 rings (SSSR count). The predicted octanol–water partition coefficient (Wildman–Crippen LogP) is 17.6. The molecule has 73 heavy (non-hydrogen) atoms. The number of benzene rings is 4. The molecule has 1 fully saturated rings. The molecule has 4 aromatic rings. The van der Waals surface area contributed by atoms with E-state index in [0.717, 1.165) is 29.2 Å². The van der Waals surface area contributed by atoms with E-state index in [1.165, 1.54) is 37.5 Å². The molecule has 0 aromatic heterocycles. The summed E-state index contributed by atoms with van der Waals surface area (Å²) in [5.74, 6) is -9.23. The fraction of sp³-hybridized carbons (Fsp3) is 0.534.